The van der Waals surface area contributed by atoms with Crippen molar-refractivity contribution < 1.29 is 35.1 Å². The van der Waals surface area contributed by atoms with E-state index in [0.29, 0.717) is 25.8 Å². The summed E-state index contributed by atoms with van der Waals surface area (Å²) in [5, 5.41) is 50.0. The highest BCUT2D eigenvalue weighted by atomic mass is 16.6. The molecular formula is C12H24N2O7. The van der Waals surface area contributed by atoms with Gasteiger partial charge in [0.05, 0.1) is 13.2 Å². The molecule has 1 rings (SSSR count). The number of carboxylic acid groups (broad SMARTS) is 1. The Labute approximate surface area is 122 Å². The third kappa shape index (κ3) is 5.15. The maximum absolute atomic E-state index is 10.5. The molecule has 1 saturated heterocycles. The van der Waals surface area contributed by atoms with Gasteiger partial charge in [0.1, 0.15) is 24.4 Å². The number of ether oxygens (including phenoxy) is 1. The zero-order valence-electron chi connectivity index (χ0n) is 11.7. The van der Waals surface area contributed by atoms with Crippen LogP contribution >= 0.6 is 0 Å². The van der Waals surface area contributed by atoms with Crippen molar-refractivity contribution in [1.82, 2.24) is 5.32 Å². The number of nitrogens with two attached hydrogens (primary N) is 1. The second kappa shape index (κ2) is 7.99. The van der Waals surface area contributed by atoms with E-state index in [2.05, 4.69) is 5.32 Å². The molecular weight excluding hydrogens is 284 g/mol. The van der Waals surface area contributed by atoms with Crippen molar-refractivity contribution in [2.75, 3.05) is 19.7 Å². The van der Waals surface area contributed by atoms with Gasteiger partial charge in [0, 0.05) is 0 Å². The smallest absolute Gasteiger partial charge is 0.320 e. The van der Waals surface area contributed by atoms with Crippen LogP contribution in [0, 0.1) is 0 Å². The van der Waals surface area contributed by atoms with Crippen molar-refractivity contribution >= 4 is 5.97 Å². The summed E-state index contributed by atoms with van der Waals surface area (Å²) in [6.07, 6.45) is -2.74. The Morgan fingerprint density at radius 2 is 2.05 bits per heavy atom. The van der Waals surface area contributed by atoms with E-state index in [9.17, 15) is 25.2 Å². The molecule has 9 nitrogen and oxygen atoms in total. The van der Waals surface area contributed by atoms with Gasteiger partial charge in [-0.05, 0) is 19.4 Å². The Bertz CT molecular complexity index is 344. The first-order chi connectivity index (χ1) is 9.78. The average molecular weight is 308 g/mol. The Balaban J connectivity index is 2.21. The van der Waals surface area contributed by atoms with E-state index in [1.165, 1.54) is 0 Å². The van der Waals surface area contributed by atoms with Gasteiger partial charge in [-0.3, -0.25) is 4.79 Å². The Morgan fingerprint density at radius 1 is 1.38 bits per heavy atom. The Morgan fingerprint density at radius 3 is 2.67 bits per heavy atom. The maximum atomic E-state index is 10.5. The van der Waals surface area contributed by atoms with Gasteiger partial charge in [-0.15, -0.1) is 0 Å². The van der Waals surface area contributed by atoms with Crippen LogP contribution in [0.1, 0.15) is 19.3 Å². The lowest BCUT2D eigenvalue weighted by Crippen LogP contribution is -2.64. The van der Waals surface area contributed by atoms with Crippen LogP contribution in [0.4, 0.5) is 0 Å². The van der Waals surface area contributed by atoms with Crippen molar-refractivity contribution in [2.45, 2.75) is 49.4 Å². The molecule has 124 valence electrons. The van der Waals surface area contributed by atoms with Gasteiger partial charge in [0.2, 0.25) is 5.79 Å². The largest absolute Gasteiger partial charge is 0.480 e. The maximum Gasteiger partial charge on any atom is 0.320 e. The number of unbranched alkanes of at least 4 members (excludes halogenated alkanes) is 1. The molecule has 0 saturated carbocycles. The number of aliphatic hydroxyl groups excluding tert-OH is 3. The molecule has 1 fully saturated rings. The highest BCUT2D eigenvalue weighted by Gasteiger charge is 2.47. The van der Waals surface area contributed by atoms with E-state index in [0.717, 1.165) is 0 Å². The molecule has 0 aromatic carbocycles. The van der Waals surface area contributed by atoms with Gasteiger partial charge in [-0.2, -0.15) is 0 Å². The fourth-order valence-corrected chi connectivity index (χ4v) is 2.05. The predicted molar refractivity (Wildman–Crippen MR) is 71.3 cm³/mol. The minimum atomic E-state index is -1.96. The van der Waals surface area contributed by atoms with Gasteiger partial charge in [-0.1, -0.05) is 6.42 Å². The lowest BCUT2D eigenvalue weighted by atomic mass is 9.97. The minimum absolute atomic E-state index is 0.122. The Kier molecular flexibility index (Phi) is 6.94. The van der Waals surface area contributed by atoms with Crippen molar-refractivity contribution in [3.8, 4) is 0 Å². The summed E-state index contributed by atoms with van der Waals surface area (Å²) in [6.45, 7) is 0.0657. The van der Waals surface area contributed by atoms with Gasteiger partial charge >= 0.3 is 5.97 Å². The summed E-state index contributed by atoms with van der Waals surface area (Å²) < 4.78 is 4.97. The molecule has 8 N–H and O–H groups in total. The summed E-state index contributed by atoms with van der Waals surface area (Å²) in [4.78, 5) is 10.5. The second-order valence-electron chi connectivity index (χ2n) is 5.28. The van der Waals surface area contributed by atoms with Crippen LogP contribution < -0.4 is 11.1 Å². The number of hydrogen-bond donors (Lipinski definition) is 7. The van der Waals surface area contributed by atoms with Crippen molar-refractivity contribution in [2.24, 2.45) is 5.73 Å². The first-order valence-electron chi connectivity index (χ1n) is 6.87. The normalized spacial score (nSPS) is 34.6. The second-order valence-corrected chi connectivity index (χ2v) is 5.28. The molecule has 0 unspecified atom stereocenters. The number of aliphatic carboxylic acids is 1. The number of rotatable bonds is 8. The highest BCUT2D eigenvalue weighted by Crippen LogP contribution is 2.23. The quantitative estimate of drug-likeness (QED) is 0.231. The predicted octanol–water partition coefficient (Wildman–Crippen LogP) is -3.04. The third-order valence-corrected chi connectivity index (χ3v) is 3.50. The first kappa shape index (κ1) is 18.2. The van der Waals surface area contributed by atoms with Gasteiger partial charge < -0.3 is 41.3 Å². The average Bonchev–Trinajstić information content (AvgIpc) is 2.44. The first-order valence-corrected chi connectivity index (χ1v) is 6.87. The molecule has 0 aromatic rings. The fraction of sp³-hybridized carbons (Fsp3) is 0.917. The van der Waals surface area contributed by atoms with E-state index < -0.39 is 36.1 Å². The molecule has 0 radical (unpaired) electrons. The van der Waals surface area contributed by atoms with Crippen LogP contribution in [-0.2, 0) is 9.53 Å². The standard InChI is InChI=1S/C12H24N2O7/c13-7(11(18)19)3-1-2-4-14-6-12(20)10(17)9(16)8(15)5-21-12/h7-10,14-17,20H,1-6,13H2,(H,18,19)/t7-,8+,9+,10-,12+/m0/s1. The van der Waals surface area contributed by atoms with Crippen LogP contribution in [0.5, 0.6) is 0 Å². The summed E-state index contributed by atoms with van der Waals surface area (Å²) in [6, 6.07) is -0.880. The molecule has 0 amide bonds. The molecule has 0 spiro atoms. The van der Waals surface area contributed by atoms with Crippen LogP contribution in [0.2, 0.25) is 0 Å². The Hall–Kier alpha value is -0.810. The molecule has 0 bridgehead atoms. The molecule has 0 aliphatic carbocycles. The van der Waals surface area contributed by atoms with Crippen molar-refractivity contribution in [1.29, 1.82) is 0 Å². The number of carboxylic acids is 1. The van der Waals surface area contributed by atoms with Crippen LogP contribution in [0.15, 0.2) is 0 Å². The summed E-state index contributed by atoms with van der Waals surface area (Å²) in [5.74, 6) is -3.00. The SMILES string of the molecule is N[C@@H](CCCCNC[C@@]1(O)OC[C@@H](O)[C@@H](O)[C@@H]1O)C(=O)O. The van der Waals surface area contributed by atoms with Gasteiger partial charge in [0.25, 0.3) is 0 Å². The summed E-state index contributed by atoms with van der Waals surface area (Å²) in [7, 11) is 0. The molecule has 1 aliphatic heterocycles. The van der Waals surface area contributed by atoms with E-state index in [-0.39, 0.29) is 13.2 Å². The summed E-state index contributed by atoms with van der Waals surface area (Å²) in [5.41, 5.74) is 5.35. The molecule has 1 heterocycles. The third-order valence-electron chi connectivity index (χ3n) is 3.50. The van der Waals surface area contributed by atoms with Gasteiger partial charge in [-0.25, -0.2) is 0 Å². The fourth-order valence-electron chi connectivity index (χ4n) is 2.05. The van der Waals surface area contributed by atoms with Crippen molar-refractivity contribution in [3.63, 3.8) is 0 Å². The van der Waals surface area contributed by atoms with Crippen LogP contribution in [-0.4, -0.2) is 81.3 Å². The summed E-state index contributed by atoms with van der Waals surface area (Å²) >= 11 is 0. The van der Waals surface area contributed by atoms with E-state index in [4.69, 9.17) is 15.6 Å². The monoisotopic (exact) mass is 308 g/mol. The molecule has 5 atom stereocenters. The lowest BCUT2D eigenvalue weighted by molar-refractivity contribution is -0.317. The van der Waals surface area contributed by atoms with Gasteiger partial charge in [0.15, 0.2) is 0 Å². The van der Waals surface area contributed by atoms with E-state index in [1.54, 1.807) is 0 Å². The molecule has 1 aliphatic rings. The zero-order chi connectivity index (χ0) is 16.0. The van der Waals surface area contributed by atoms with Crippen LogP contribution in [0.3, 0.4) is 0 Å². The van der Waals surface area contributed by atoms with E-state index >= 15 is 0 Å². The number of carbonyl (C=O) groups is 1. The topological polar surface area (TPSA) is 166 Å². The highest BCUT2D eigenvalue weighted by molar-refractivity contribution is 5.72. The number of hydrogen-bond acceptors (Lipinski definition) is 8. The number of nitrogens with one attached hydrogen (secondary N) is 1. The lowest BCUT2D eigenvalue weighted by Gasteiger charge is -2.41. The molecule has 9 heteroatoms. The minimum Gasteiger partial charge on any atom is -0.480 e. The van der Waals surface area contributed by atoms with Crippen molar-refractivity contribution in [3.05, 3.63) is 0 Å². The number of aliphatic hydroxyl groups is 4. The van der Waals surface area contributed by atoms with E-state index in [1.807, 2.05) is 0 Å². The zero-order valence-corrected chi connectivity index (χ0v) is 11.7. The molecule has 21 heavy (non-hydrogen) atoms. The molecule has 0 aromatic heterocycles. The van der Waals surface area contributed by atoms with Crippen LogP contribution in [0.25, 0.3) is 0 Å².